The van der Waals surface area contributed by atoms with Crippen LogP contribution in [-0.4, -0.2) is 60.3 Å². The molecular weight excluding hydrogens is 506 g/mol. The molecule has 0 bridgehead atoms. The van der Waals surface area contributed by atoms with Gasteiger partial charge in [0.15, 0.2) is 0 Å². The van der Waals surface area contributed by atoms with E-state index in [1.165, 1.54) is 0 Å². The van der Waals surface area contributed by atoms with Crippen LogP contribution >= 0.6 is 0 Å². The van der Waals surface area contributed by atoms with Crippen molar-refractivity contribution in [2.45, 2.75) is 50.7 Å². The lowest BCUT2D eigenvalue weighted by molar-refractivity contribution is -0.142. The number of likely N-dealkylation sites (N-methyl/N-ethyl adjacent to an activating group) is 1. The van der Waals surface area contributed by atoms with Crippen LogP contribution < -0.4 is 10.6 Å². The average Bonchev–Trinajstić information content (AvgIpc) is 3.25. The van der Waals surface area contributed by atoms with E-state index in [9.17, 15) is 19.5 Å². The predicted molar refractivity (Wildman–Crippen MR) is 154 cm³/mol. The van der Waals surface area contributed by atoms with Crippen LogP contribution in [0.15, 0.2) is 78.9 Å². The third-order valence-electron chi connectivity index (χ3n) is 7.16. The maximum Gasteiger partial charge on any atom is 0.407 e. The topological polar surface area (TPSA) is 108 Å². The predicted octanol–water partition coefficient (Wildman–Crippen LogP) is 4.79. The number of carbonyl (C=O) groups is 3. The highest BCUT2D eigenvalue weighted by Gasteiger charge is 2.29. The van der Waals surface area contributed by atoms with Gasteiger partial charge in [-0.25, -0.2) is 9.59 Å². The Kier molecular flexibility index (Phi) is 9.91. The number of carboxylic acid groups (broad SMARTS) is 1. The zero-order chi connectivity index (χ0) is 28.5. The first-order valence-corrected chi connectivity index (χ1v) is 13.7. The van der Waals surface area contributed by atoms with Gasteiger partial charge >= 0.3 is 12.1 Å². The van der Waals surface area contributed by atoms with Crippen molar-refractivity contribution < 1.29 is 24.2 Å². The number of nitrogens with zero attached hydrogens (tertiary/aromatic N) is 1. The molecule has 0 heterocycles. The number of aliphatic carboxylic acids is 1. The largest absolute Gasteiger partial charge is 0.480 e. The second-order valence-corrected chi connectivity index (χ2v) is 10.3. The third kappa shape index (κ3) is 7.48. The van der Waals surface area contributed by atoms with Gasteiger partial charge in [0.05, 0.1) is 0 Å². The standard InChI is InChI=1S/C32H37N3O5/c1-3-11-23(18-30(36)34-29(31(37)38)20-35(2)19-22-12-5-4-6-13-22)33-32(39)40-21-28-26-16-9-7-14-24(26)25-15-8-10-17-27(25)28/h4-10,12-17,23,28-29H,3,11,18-21H2,1-2H3,(H,33,39)(H,34,36)(H,37,38)/t23-,29?/m0/s1. The summed E-state index contributed by atoms with van der Waals surface area (Å²) in [4.78, 5) is 39.3. The summed E-state index contributed by atoms with van der Waals surface area (Å²) in [5.41, 5.74) is 5.59. The Balaban J connectivity index is 1.30. The fourth-order valence-electron chi connectivity index (χ4n) is 5.31. The van der Waals surface area contributed by atoms with Crippen molar-refractivity contribution >= 4 is 18.0 Å². The normalized spacial score (nSPS) is 13.7. The van der Waals surface area contributed by atoms with E-state index in [1.807, 2.05) is 73.5 Å². The van der Waals surface area contributed by atoms with Gasteiger partial charge in [-0.3, -0.25) is 9.69 Å². The van der Waals surface area contributed by atoms with Crippen LogP contribution in [0.5, 0.6) is 0 Å². The van der Waals surface area contributed by atoms with Crippen molar-refractivity contribution in [2.24, 2.45) is 0 Å². The molecular formula is C32H37N3O5. The summed E-state index contributed by atoms with van der Waals surface area (Å²) in [6.45, 7) is 2.85. The maximum absolute atomic E-state index is 12.8. The molecule has 1 aliphatic rings. The highest BCUT2D eigenvalue weighted by molar-refractivity contribution is 5.84. The van der Waals surface area contributed by atoms with Crippen molar-refractivity contribution in [1.82, 2.24) is 15.5 Å². The van der Waals surface area contributed by atoms with Crippen LogP contribution in [0.2, 0.25) is 0 Å². The third-order valence-corrected chi connectivity index (χ3v) is 7.16. The van der Waals surface area contributed by atoms with Crippen LogP contribution in [0.4, 0.5) is 4.79 Å². The zero-order valence-corrected chi connectivity index (χ0v) is 23.0. The van der Waals surface area contributed by atoms with E-state index >= 15 is 0 Å². The Morgan fingerprint density at radius 1 is 0.900 bits per heavy atom. The molecule has 0 aliphatic heterocycles. The molecule has 1 aliphatic carbocycles. The minimum absolute atomic E-state index is 0.0375. The molecule has 3 aromatic carbocycles. The molecule has 8 nitrogen and oxygen atoms in total. The van der Waals surface area contributed by atoms with Gasteiger partial charge in [-0.2, -0.15) is 0 Å². The Hall–Kier alpha value is -4.17. The molecule has 1 unspecified atom stereocenters. The molecule has 0 radical (unpaired) electrons. The summed E-state index contributed by atoms with van der Waals surface area (Å²) in [5, 5.41) is 15.1. The molecule has 0 saturated carbocycles. The van der Waals surface area contributed by atoms with Crippen molar-refractivity contribution in [3.63, 3.8) is 0 Å². The Morgan fingerprint density at radius 3 is 2.10 bits per heavy atom. The molecule has 0 aromatic heterocycles. The second-order valence-electron chi connectivity index (χ2n) is 10.3. The number of alkyl carbamates (subject to hydrolysis) is 1. The Morgan fingerprint density at radius 2 is 1.50 bits per heavy atom. The van der Waals surface area contributed by atoms with Crippen LogP contribution in [0.1, 0.15) is 48.8 Å². The molecule has 0 spiro atoms. The minimum Gasteiger partial charge on any atom is -0.480 e. The molecule has 210 valence electrons. The molecule has 3 N–H and O–H groups in total. The molecule has 3 aromatic rings. The van der Waals surface area contributed by atoms with Crippen LogP contribution in [0, 0.1) is 0 Å². The number of nitrogens with one attached hydrogen (secondary N) is 2. The minimum atomic E-state index is -1.11. The molecule has 2 amide bonds. The number of benzene rings is 3. The van der Waals surface area contributed by atoms with Crippen molar-refractivity contribution in [3.05, 3.63) is 95.6 Å². The monoisotopic (exact) mass is 543 g/mol. The molecule has 8 heteroatoms. The fraction of sp³-hybridized carbons (Fsp3) is 0.344. The van der Waals surface area contributed by atoms with Crippen molar-refractivity contribution in [3.8, 4) is 11.1 Å². The van der Waals surface area contributed by atoms with Crippen LogP contribution in [0.25, 0.3) is 11.1 Å². The summed E-state index contributed by atoms with van der Waals surface area (Å²) in [6.07, 6.45) is 0.669. The average molecular weight is 544 g/mol. The van der Waals surface area contributed by atoms with Gasteiger partial charge in [-0.05, 0) is 41.3 Å². The number of carbonyl (C=O) groups excluding carboxylic acids is 2. The number of fused-ring (bicyclic) bond motifs is 3. The number of hydrogen-bond donors (Lipinski definition) is 3. The van der Waals surface area contributed by atoms with Crippen molar-refractivity contribution in [2.75, 3.05) is 20.2 Å². The zero-order valence-electron chi connectivity index (χ0n) is 23.0. The van der Waals surface area contributed by atoms with E-state index in [0.717, 1.165) is 34.2 Å². The van der Waals surface area contributed by atoms with Gasteiger partial charge in [0, 0.05) is 31.5 Å². The molecule has 4 rings (SSSR count). The molecule has 40 heavy (non-hydrogen) atoms. The molecule has 2 atom stereocenters. The summed E-state index contributed by atoms with van der Waals surface area (Å²) in [6, 6.07) is 24.4. The maximum atomic E-state index is 12.8. The lowest BCUT2D eigenvalue weighted by atomic mass is 9.98. The first-order chi connectivity index (χ1) is 19.4. The van der Waals surface area contributed by atoms with E-state index in [-0.39, 0.29) is 25.5 Å². The van der Waals surface area contributed by atoms with E-state index in [4.69, 9.17) is 4.74 Å². The molecule has 0 saturated heterocycles. The number of ether oxygens (including phenoxy) is 1. The summed E-state index contributed by atoms with van der Waals surface area (Å²) < 4.78 is 5.64. The highest BCUT2D eigenvalue weighted by atomic mass is 16.5. The summed E-state index contributed by atoms with van der Waals surface area (Å²) in [5.74, 6) is -1.60. The van der Waals surface area contributed by atoms with E-state index < -0.39 is 30.1 Å². The van der Waals surface area contributed by atoms with Gasteiger partial charge in [0.2, 0.25) is 5.91 Å². The van der Waals surface area contributed by atoms with Gasteiger partial charge < -0.3 is 20.5 Å². The SMILES string of the molecule is CCC[C@@H](CC(=O)NC(CN(C)Cc1ccccc1)C(=O)O)NC(=O)OCC1c2ccccc2-c2ccccc21. The highest BCUT2D eigenvalue weighted by Crippen LogP contribution is 2.44. The number of carboxylic acids is 1. The first kappa shape index (κ1) is 28.8. The smallest absolute Gasteiger partial charge is 0.407 e. The fourth-order valence-corrected chi connectivity index (χ4v) is 5.31. The van der Waals surface area contributed by atoms with E-state index in [0.29, 0.717) is 13.0 Å². The van der Waals surface area contributed by atoms with Gasteiger partial charge in [0.25, 0.3) is 0 Å². The van der Waals surface area contributed by atoms with Gasteiger partial charge in [-0.1, -0.05) is 92.2 Å². The number of rotatable bonds is 13. The lowest BCUT2D eigenvalue weighted by Crippen LogP contribution is -2.49. The number of amides is 2. The van der Waals surface area contributed by atoms with Gasteiger partial charge in [0.1, 0.15) is 12.6 Å². The second kappa shape index (κ2) is 13.8. The summed E-state index contributed by atoms with van der Waals surface area (Å²) >= 11 is 0. The Labute approximate surface area is 235 Å². The van der Waals surface area contributed by atoms with Crippen LogP contribution in [0.3, 0.4) is 0 Å². The van der Waals surface area contributed by atoms with Crippen molar-refractivity contribution in [1.29, 1.82) is 0 Å². The first-order valence-electron chi connectivity index (χ1n) is 13.7. The Bertz CT molecular complexity index is 1270. The van der Waals surface area contributed by atoms with Gasteiger partial charge in [-0.15, -0.1) is 0 Å². The van der Waals surface area contributed by atoms with E-state index in [2.05, 4.69) is 34.9 Å². The number of hydrogen-bond acceptors (Lipinski definition) is 5. The van der Waals surface area contributed by atoms with Crippen LogP contribution in [-0.2, 0) is 20.9 Å². The lowest BCUT2D eigenvalue weighted by Gasteiger charge is -2.24. The summed E-state index contributed by atoms with van der Waals surface area (Å²) in [7, 11) is 1.81. The quantitative estimate of drug-likeness (QED) is 0.286. The van der Waals surface area contributed by atoms with E-state index in [1.54, 1.807) is 0 Å². The molecule has 0 fully saturated rings.